The Morgan fingerprint density at radius 2 is 1.88 bits per heavy atom. The van der Waals surface area contributed by atoms with E-state index in [0.717, 1.165) is 17.1 Å². The predicted molar refractivity (Wildman–Crippen MR) is 101 cm³/mol. The SMILES string of the molecule is Cc1cc(N(C)C)nc(CNC(=O)C2(c3ccccc3)CCOCC2)n1. The monoisotopic (exact) mass is 354 g/mol. The van der Waals surface area contributed by atoms with Crippen LogP contribution in [0.15, 0.2) is 36.4 Å². The minimum Gasteiger partial charge on any atom is -0.381 e. The van der Waals surface area contributed by atoms with E-state index in [1.165, 1.54) is 0 Å². The van der Waals surface area contributed by atoms with Crippen molar-refractivity contribution in [2.24, 2.45) is 0 Å². The Bertz CT molecular complexity index is 756. The van der Waals surface area contributed by atoms with Crippen molar-refractivity contribution in [3.05, 3.63) is 53.5 Å². The van der Waals surface area contributed by atoms with Crippen LogP contribution in [0.4, 0.5) is 5.82 Å². The van der Waals surface area contributed by atoms with Gasteiger partial charge in [-0.05, 0) is 25.3 Å². The maximum atomic E-state index is 13.2. The maximum Gasteiger partial charge on any atom is 0.231 e. The molecule has 0 spiro atoms. The summed E-state index contributed by atoms with van der Waals surface area (Å²) in [5.74, 6) is 1.48. The number of hydrogen-bond donors (Lipinski definition) is 1. The van der Waals surface area contributed by atoms with Gasteiger partial charge in [-0.3, -0.25) is 4.79 Å². The third-order valence-electron chi connectivity index (χ3n) is 4.86. The number of nitrogens with one attached hydrogen (secondary N) is 1. The molecular formula is C20H26N4O2. The van der Waals surface area contributed by atoms with Crippen LogP contribution in [0.3, 0.4) is 0 Å². The van der Waals surface area contributed by atoms with Gasteiger partial charge in [0.1, 0.15) is 11.6 Å². The van der Waals surface area contributed by atoms with E-state index in [9.17, 15) is 4.79 Å². The fourth-order valence-corrected chi connectivity index (χ4v) is 3.37. The highest BCUT2D eigenvalue weighted by Crippen LogP contribution is 2.35. The molecule has 1 aliphatic heterocycles. The first-order valence-electron chi connectivity index (χ1n) is 8.95. The van der Waals surface area contributed by atoms with Gasteiger partial charge in [-0.1, -0.05) is 30.3 Å². The Balaban J connectivity index is 1.79. The number of aryl methyl sites for hydroxylation is 1. The fourth-order valence-electron chi connectivity index (χ4n) is 3.37. The van der Waals surface area contributed by atoms with E-state index >= 15 is 0 Å². The number of amides is 1. The first-order valence-corrected chi connectivity index (χ1v) is 8.95. The van der Waals surface area contributed by atoms with Gasteiger partial charge in [-0.15, -0.1) is 0 Å². The Kier molecular flexibility index (Phi) is 5.52. The van der Waals surface area contributed by atoms with E-state index in [1.807, 2.05) is 62.3 Å². The van der Waals surface area contributed by atoms with E-state index in [2.05, 4.69) is 15.3 Å². The van der Waals surface area contributed by atoms with Crippen LogP contribution >= 0.6 is 0 Å². The molecule has 3 rings (SSSR count). The van der Waals surface area contributed by atoms with Crippen LogP contribution in [0.1, 0.15) is 29.9 Å². The average molecular weight is 354 g/mol. The molecule has 6 heteroatoms. The number of ether oxygens (including phenoxy) is 1. The molecule has 1 N–H and O–H groups in total. The zero-order valence-electron chi connectivity index (χ0n) is 15.7. The summed E-state index contributed by atoms with van der Waals surface area (Å²) >= 11 is 0. The molecule has 0 saturated carbocycles. The summed E-state index contributed by atoms with van der Waals surface area (Å²) in [5.41, 5.74) is 1.38. The Labute approximate surface area is 154 Å². The average Bonchev–Trinajstić information content (AvgIpc) is 2.67. The summed E-state index contributed by atoms with van der Waals surface area (Å²) in [7, 11) is 3.88. The molecule has 0 aliphatic carbocycles. The molecule has 0 unspecified atom stereocenters. The first-order chi connectivity index (χ1) is 12.5. The Hall–Kier alpha value is -2.47. The highest BCUT2D eigenvalue weighted by atomic mass is 16.5. The summed E-state index contributed by atoms with van der Waals surface area (Å²) in [6.07, 6.45) is 1.36. The van der Waals surface area contributed by atoms with Crippen molar-refractivity contribution in [1.82, 2.24) is 15.3 Å². The van der Waals surface area contributed by atoms with Gasteiger partial charge in [0.15, 0.2) is 0 Å². The largest absolute Gasteiger partial charge is 0.381 e. The van der Waals surface area contributed by atoms with Crippen molar-refractivity contribution < 1.29 is 9.53 Å². The van der Waals surface area contributed by atoms with Crippen LogP contribution < -0.4 is 10.2 Å². The molecule has 6 nitrogen and oxygen atoms in total. The lowest BCUT2D eigenvalue weighted by atomic mass is 9.73. The van der Waals surface area contributed by atoms with Crippen LogP contribution in [-0.4, -0.2) is 43.2 Å². The van der Waals surface area contributed by atoms with Gasteiger partial charge in [0.05, 0.1) is 12.0 Å². The van der Waals surface area contributed by atoms with Crippen molar-refractivity contribution in [1.29, 1.82) is 0 Å². The third kappa shape index (κ3) is 3.85. The van der Waals surface area contributed by atoms with E-state index in [4.69, 9.17) is 4.74 Å². The van der Waals surface area contributed by atoms with E-state index in [0.29, 0.717) is 38.4 Å². The van der Waals surface area contributed by atoms with Gasteiger partial charge >= 0.3 is 0 Å². The number of anilines is 1. The summed E-state index contributed by atoms with van der Waals surface area (Å²) in [5, 5.41) is 3.06. The normalized spacial score (nSPS) is 16.1. The number of nitrogens with zero attached hydrogens (tertiary/aromatic N) is 3. The second-order valence-electron chi connectivity index (χ2n) is 6.92. The van der Waals surface area contributed by atoms with E-state index in [-0.39, 0.29) is 5.91 Å². The quantitative estimate of drug-likeness (QED) is 0.892. The lowest BCUT2D eigenvalue weighted by molar-refractivity contribution is -0.130. The number of hydrogen-bond acceptors (Lipinski definition) is 5. The van der Waals surface area contributed by atoms with Crippen molar-refractivity contribution in [2.75, 3.05) is 32.2 Å². The van der Waals surface area contributed by atoms with E-state index < -0.39 is 5.41 Å². The van der Waals surface area contributed by atoms with Crippen molar-refractivity contribution in [3.63, 3.8) is 0 Å². The molecule has 1 aromatic heterocycles. The molecule has 1 fully saturated rings. The molecule has 1 aliphatic rings. The Morgan fingerprint density at radius 1 is 1.19 bits per heavy atom. The van der Waals surface area contributed by atoms with Crippen LogP contribution in [0, 0.1) is 6.92 Å². The maximum absolute atomic E-state index is 13.2. The minimum atomic E-state index is -0.548. The molecule has 2 aromatic rings. The molecule has 138 valence electrons. The lowest BCUT2D eigenvalue weighted by Gasteiger charge is -2.36. The predicted octanol–water partition coefficient (Wildman–Crippen LogP) is 2.22. The van der Waals surface area contributed by atoms with Gasteiger partial charge in [0, 0.05) is 39.1 Å². The van der Waals surface area contributed by atoms with Gasteiger partial charge in [0.2, 0.25) is 5.91 Å². The standard InChI is InChI=1S/C20H26N4O2/c1-15-13-18(24(2)3)23-17(22-15)14-21-19(25)20(9-11-26-12-10-20)16-7-5-4-6-8-16/h4-8,13H,9-12,14H2,1-3H3,(H,21,25). The molecule has 1 aromatic carbocycles. The van der Waals surface area contributed by atoms with Gasteiger partial charge in [0.25, 0.3) is 0 Å². The molecule has 1 amide bonds. The summed E-state index contributed by atoms with van der Waals surface area (Å²) in [6.45, 7) is 3.43. The molecule has 1 saturated heterocycles. The van der Waals surface area contributed by atoms with Crippen LogP contribution in [-0.2, 0) is 21.5 Å². The molecule has 2 heterocycles. The Morgan fingerprint density at radius 3 is 2.54 bits per heavy atom. The zero-order chi connectivity index (χ0) is 18.6. The number of carbonyl (C=O) groups excluding carboxylic acids is 1. The van der Waals surface area contributed by atoms with Gasteiger partial charge in [-0.2, -0.15) is 0 Å². The molecule has 0 atom stereocenters. The first kappa shape index (κ1) is 18.3. The molecule has 0 bridgehead atoms. The van der Waals surface area contributed by atoms with Crippen LogP contribution in [0.5, 0.6) is 0 Å². The minimum absolute atomic E-state index is 0.0171. The molecule has 0 radical (unpaired) electrons. The summed E-state index contributed by atoms with van der Waals surface area (Å²) in [6, 6.07) is 11.9. The van der Waals surface area contributed by atoms with Crippen molar-refractivity contribution >= 4 is 11.7 Å². The molecular weight excluding hydrogens is 328 g/mol. The van der Waals surface area contributed by atoms with Crippen LogP contribution in [0.2, 0.25) is 0 Å². The van der Waals surface area contributed by atoms with Gasteiger partial charge < -0.3 is 15.0 Å². The number of aromatic nitrogens is 2. The summed E-state index contributed by atoms with van der Waals surface area (Å²) < 4.78 is 5.51. The lowest BCUT2D eigenvalue weighted by Crippen LogP contribution is -2.48. The zero-order valence-corrected chi connectivity index (χ0v) is 15.7. The topological polar surface area (TPSA) is 67.4 Å². The smallest absolute Gasteiger partial charge is 0.231 e. The summed E-state index contributed by atoms with van der Waals surface area (Å²) in [4.78, 5) is 24.1. The second kappa shape index (κ2) is 7.83. The number of carbonyl (C=O) groups is 1. The van der Waals surface area contributed by atoms with Gasteiger partial charge in [-0.25, -0.2) is 9.97 Å². The van der Waals surface area contributed by atoms with Crippen molar-refractivity contribution in [3.8, 4) is 0 Å². The number of benzene rings is 1. The second-order valence-corrected chi connectivity index (χ2v) is 6.92. The fraction of sp³-hybridized carbons (Fsp3) is 0.450. The van der Waals surface area contributed by atoms with Crippen LogP contribution in [0.25, 0.3) is 0 Å². The highest BCUT2D eigenvalue weighted by molar-refractivity contribution is 5.88. The molecule has 26 heavy (non-hydrogen) atoms. The van der Waals surface area contributed by atoms with E-state index in [1.54, 1.807) is 0 Å². The van der Waals surface area contributed by atoms with Crippen molar-refractivity contribution in [2.45, 2.75) is 31.7 Å². The third-order valence-corrected chi connectivity index (χ3v) is 4.86. The number of rotatable bonds is 5. The highest BCUT2D eigenvalue weighted by Gasteiger charge is 2.41.